The fraction of sp³-hybridized carbons (Fsp3) is 0.278. The van der Waals surface area contributed by atoms with Gasteiger partial charge in [-0.25, -0.2) is 0 Å². The SMILES string of the molecule is CN1CCN(C(=O)c2ccccc2)[C@@H](c2ccccc2)C1. The molecule has 0 spiro atoms. The van der Waals surface area contributed by atoms with Crippen LogP contribution in [0.1, 0.15) is 22.0 Å². The summed E-state index contributed by atoms with van der Waals surface area (Å²) in [5.74, 6) is 0.123. The number of carbonyl (C=O) groups excluding carboxylic acids is 1. The van der Waals surface area contributed by atoms with Gasteiger partial charge >= 0.3 is 0 Å². The average molecular weight is 280 g/mol. The summed E-state index contributed by atoms with van der Waals surface area (Å²) in [4.78, 5) is 17.1. The lowest BCUT2D eigenvalue weighted by Crippen LogP contribution is -2.49. The Morgan fingerprint density at radius 1 is 0.952 bits per heavy atom. The van der Waals surface area contributed by atoms with Crippen LogP contribution < -0.4 is 0 Å². The maximum Gasteiger partial charge on any atom is 0.254 e. The minimum Gasteiger partial charge on any atom is -0.329 e. The van der Waals surface area contributed by atoms with Gasteiger partial charge in [0, 0.05) is 25.2 Å². The van der Waals surface area contributed by atoms with Gasteiger partial charge in [-0.1, -0.05) is 48.5 Å². The third-order valence-corrected chi connectivity index (χ3v) is 4.05. The highest BCUT2D eigenvalue weighted by Gasteiger charge is 2.30. The number of hydrogen-bond acceptors (Lipinski definition) is 2. The number of benzene rings is 2. The highest BCUT2D eigenvalue weighted by molar-refractivity contribution is 5.94. The van der Waals surface area contributed by atoms with Crippen LogP contribution in [0, 0.1) is 0 Å². The Morgan fingerprint density at radius 2 is 1.57 bits per heavy atom. The van der Waals surface area contributed by atoms with Crippen molar-refractivity contribution in [2.24, 2.45) is 0 Å². The first-order chi connectivity index (χ1) is 10.3. The van der Waals surface area contributed by atoms with E-state index in [2.05, 4.69) is 24.1 Å². The smallest absolute Gasteiger partial charge is 0.254 e. The highest BCUT2D eigenvalue weighted by atomic mass is 16.2. The summed E-state index contributed by atoms with van der Waals surface area (Å²) in [5, 5.41) is 0. The van der Waals surface area contributed by atoms with Crippen LogP contribution >= 0.6 is 0 Å². The Morgan fingerprint density at radius 3 is 2.24 bits per heavy atom. The molecule has 108 valence electrons. The van der Waals surface area contributed by atoms with E-state index in [1.807, 2.05) is 53.4 Å². The van der Waals surface area contributed by atoms with Crippen LogP contribution in [0.4, 0.5) is 0 Å². The van der Waals surface area contributed by atoms with E-state index in [1.165, 1.54) is 5.56 Å². The van der Waals surface area contributed by atoms with Gasteiger partial charge < -0.3 is 9.80 Å². The van der Waals surface area contributed by atoms with E-state index in [0.29, 0.717) is 0 Å². The molecule has 3 nitrogen and oxygen atoms in total. The number of amides is 1. The molecule has 0 aromatic heterocycles. The molecule has 2 aromatic carbocycles. The van der Waals surface area contributed by atoms with Crippen LogP contribution in [0.25, 0.3) is 0 Å². The second kappa shape index (κ2) is 6.10. The largest absolute Gasteiger partial charge is 0.329 e. The zero-order valence-corrected chi connectivity index (χ0v) is 12.3. The molecule has 0 radical (unpaired) electrons. The maximum absolute atomic E-state index is 12.8. The van der Waals surface area contributed by atoms with E-state index in [1.54, 1.807) is 0 Å². The first-order valence-corrected chi connectivity index (χ1v) is 7.35. The molecule has 1 aliphatic heterocycles. The van der Waals surface area contributed by atoms with Gasteiger partial charge in [-0.3, -0.25) is 4.79 Å². The molecule has 1 heterocycles. The first-order valence-electron chi connectivity index (χ1n) is 7.35. The van der Waals surface area contributed by atoms with E-state index < -0.39 is 0 Å². The lowest BCUT2D eigenvalue weighted by Gasteiger charge is -2.40. The molecular weight excluding hydrogens is 260 g/mol. The number of nitrogens with zero attached hydrogens (tertiary/aromatic N) is 2. The fourth-order valence-corrected chi connectivity index (χ4v) is 2.87. The van der Waals surface area contributed by atoms with E-state index in [4.69, 9.17) is 0 Å². The summed E-state index contributed by atoms with van der Waals surface area (Å²) in [5.41, 5.74) is 1.97. The van der Waals surface area contributed by atoms with Gasteiger partial charge in [0.15, 0.2) is 0 Å². The van der Waals surface area contributed by atoms with Crippen LogP contribution in [0.5, 0.6) is 0 Å². The van der Waals surface area contributed by atoms with Crippen LogP contribution in [-0.4, -0.2) is 42.4 Å². The number of hydrogen-bond donors (Lipinski definition) is 0. The Kier molecular flexibility index (Phi) is 4.02. The van der Waals surface area contributed by atoms with Crippen molar-refractivity contribution in [3.8, 4) is 0 Å². The first kappa shape index (κ1) is 13.8. The van der Waals surface area contributed by atoms with Crippen LogP contribution in [0.15, 0.2) is 60.7 Å². The summed E-state index contributed by atoms with van der Waals surface area (Å²) in [6.07, 6.45) is 0. The molecule has 0 saturated carbocycles. The van der Waals surface area contributed by atoms with Gasteiger partial charge in [0.1, 0.15) is 0 Å². The van der Waals surface area contributed by atoms with Crippen molar-refractivity contribution in [3.05, 3.63) is 71.8 Å². The quantitative estimate of drug-likeness (QED) is 0.844. The van der Waals surface area contributed by atoms with Gasteiger partial charge in [-0.15, -0.1) is 0 Å². The zero-order chi connectivity index (χ0) is 14.7. The van der Waals surface area contributed by atoms with Gasteiger partial charge in [0.25, 0.3) is 5.91 Å². The molecule has 0 bridgehead atoms. The molecule has 3 rings (SSSR count). The molecule has 1 aliphatic rings. The van der Waals surface area contributed by atoms with Crippen LogP contribution in [-0.2, 0) is 0 Å². The molecule has 2 aromatic rings. The third kappa shape index (κ3) is 2.98. The minimum absolute atomic E-state index is 0.123. The normalized spacial score (nSPS) is 19.5. The third-order valence-electron chi connectivity index (χ3n) is 4.05. The number of piperazine rings is 1. The second-order valence-corrected chi connectivity index (χ2v) is 5.55. The molecule has 1 saturated heterocycles. The fourth-order valence-electron chi connectivity index (χ4n) is 2.87. The van der Waals surface area contributed by atoms with Crippen molar-refractivity contribution in [1.29, 1.82) is 0 Å². The van der Waals surface area contributed by atoms with Gasteiger partial charge in [0.05, 0.1) is 6.04 Å². The Bertz CT molecular complexity index is 597. The standard InChI is InChI=1S/C18H20N2O/c1-19-12-13-20(18(21)16-10-6-3-7-11-16)17(14-19)15-8-4-2-5-9-15/h2-11,17H,12-14H2,1H3/t17-/m1/s1. The minimum atomic E-state index is 0.123. The Balaban J connectivity index is 1.90. The number of rotatable bonds is 2. The van der Waals surface area contributed by atoms with Gasteiger partial charge in [-0.2, -0.15) is 0 Å². The highest BCUT2D eigenvalue weighted by Crippen LogP contribution is 2.26. The average Bonchev–Trinajstić information content (AvgIpc) is 2.56. The topological polar surface area (TPSA) is 23.6 Å². The van der Waals surface area contributed by atoms with Crippen molar-refractivity contribution in [3.63, 3.8) is 0 Å². The molecule has 0 unspecified atom stereocenters. The lowest BCUT2D eigenvalue weighted by molar-refractivity contribution is 0.0498. The molecule has 0 aliphatic carbocycles. The van der Waals surface area contributed by atoms with Crippen molar-refractivity contribution >= 4 is 5.91 Å². The Labute approximate surface area is 125 Å². The predicted octanol–water partition coefficient (Wildman–Crippen LogP) is 2.82. The molecule has 1 amide bonds. The molecule has 1 atom stereocenters. The molecule has 3 heteroatoms. The van der Waals surface area contributed by atoms with Crippen molar-refractivity contribution in [2.45, 2.75) is 6.04 Å². The molecular formula is C18H20N2O. The van der Waals surface area contributed by atoms with E-state index >= 15 is 0 Å². The summed E-state index contributed by atoms with van der Waals surface area (Å²) in [7, 11) is 2.11. The molecule has 1 fully saturated rings. The second-order valence-electron chi connectivity index (χ2n) is 5.55. The number of likely N-dealkylation sites (N-methyl/N-ethyl adjacent to an activating group) is 1. The van der Waals surface area contributed by atoms with Crippen LogP contribution in [0.2, 0.25) is 0 Å². The summed E-state index contributed by atoms with van der Waals surface area (Å²) < 4.78 is 0. The summed E-state index contributed by atoms with van der Waals surface area (Å²) >= 11 is 0. The van der Waals surface area contributed by atoms with E-state index in [0.717, 1.165) is 25.2 Å². The maximum atomic E-state index is 12.8. The van der Waals surface area contributed by atoms with Gasteiger partial charge in [-0.05, 0) is 24.7 Å². The Hall–Kier alpha value is -2.13. The zero-order valence-electron chi connectivity index (χ0n) is 12.3. The van der Waals surface area contributed by atoms with Crippen molar-refractivity contribution < 1.29 is 4.79 Å². The van der Waals surface area contributed by atoms with E-state index in [9.17, 15) is 4.79 Å². The lowest BCUT2D eigenvalue weighted by atomic mass is 10.0. The van der Waals surface area contributed by atoms with Crippen molar-refractivity contribution in [1.82, 2.24) is 9.80 Å². The summed E-state index contributed by atoms with van der Waals surface area (Å²) in [6, 6.07) is 20.0. The van der Waals surface area contributed by atoms with E-state index in [-0.39, 0.29) is 11.9 Å². The monoisotopic (exact) mass is 280 g/mol. The van der Waals surface area contributed by atoms with Gasteiger partial charge in [0.2, 0.25) is 0 Å². The number of carbonyl (C=O) groups is 1. The summed E-state index contributed by atoms with van der Waals surface area (Å²) in [6.45, 7) is 2.56. The molecule has 21 heavy (non-hydrogen) atoms. The molecule has 0 N–H and O–H groups in total. The predicted molar refractivity (Wildman–Crippen MR) is 84.2 cm³/mol. The van der Waals surface area contributed by atoms with Crippen LogP contribution in [0.3, 0.4) is 0 Å². The van der Waals surface area contributed by atoms with Crippen molar-refractivity contribution in [2.75, 3.05) is 26.7 Å².